The van der Waals surface area contributed by atoms with E-state index >= 15 is 0 Å². The number of ether oxygens (including phenoxy) is 1. The summed E-state index contributed by atoms with van der Waals surface area (Å²) >= 11 is 0. The Hall–Kier alpha value is -1.42. The molecule has 18 heavy (non-hydrogen) atoms. The summed E-state index contributed by atoms with van der Waals surface area (Å²) < 4.78 is 5.57. The van der Waals surface area contributed by atoms with Crippen molar-refractivity contribution in [1.82, 2.24) is 10.3 Å². The van der Waals surface area contributed by atoms with Crippen LogP contribution in [0.25, 0.3) is 0 Å². The Morgan fingerprint density at radius 1 is 1.50 bits per heavy atom. The van der Waals surface area contributed by atoms with Crippen molar-refractivity contribution in [1.29, 1.82) is 0 Å². The summed E-state index contributed by atoms with van der Waals surface area (Å²) in [4.78, 5) is 16.5. The second kappa shape index (κ2) is 5.06. The van der Waals surface area contributed by atoms with E-state index in [1.54, 1.807) is 18.5 Å². The standard InChI is InChI=1S/C14H20N2O2/c1-10(2)18-12-7-11(8-15-9-12)13(17)14(3)5-4-6-16-14/h7-10,16H,4-6H2,1-3H3. The maximum Gasteiger partial charge on any atom is 0.184 e. The molecular formula is C14H20N2O2. The molecule has 4 nitrogen and oxygen atoms in total. The van der Waals surface area contributed by atoms with Gasteiger partial charge in [0.2, 0.25) is 0 Å². The number of rotatable bonds is 4. The molecule has 4 heteroatoms. The van der Waals surface area contributed by atoms with Gasteiger partial charge >= 0.3 is 0 Å². The number of carbonyl (C=O) groups is 1. The third-order valence-electron chi connectivity index (χ3n) is 3.22. The second-order valence-corrected chi connectivity index (χ2v) is 5.27. The lowest BCUT2D eigenvalue weighted by Gasteiger charge is -2.22. The first-order chi connectivity index (χ1) is 8.51. The van der Waals surface area contributed by atoms with Crippen molar-refractivity contribution in [2.75, 3.05) is 6.54 Å². The molecule has 1 aliphatic heterocycles. The molecule has 1 unspecified atom stereocenters. The lowest BCUT2D eigenvalue weighted by molar-refractivity contribution is 0.0883. The quantitative estimate of drug-likeness (QED) is 0.830. The van der Waals surface area contributed by atoms with E-state index in [0.717, 1.165) is 19.4 Å². The molecule has 1 fully saturated rings. The van der Waals surface area contributed by atoms with E-state index in [-0.39, 0.29) is 11.9 Å². The van der Waals surface area contributed by atoms with Crippen LogP contribution in [0.15, 0.2) is 18.5 Å². The highest BCUT2D eigenvalue weighted by Crippen LogP contribution is 2.24. The van der Waals surface area contributed by atoms with Gasteiger partial charge in [0.15, 0.2) is 5.78 Å². The van der Waals surface area contributed by atoms with Crippen molar-refractivity contribution in [2.45, 2.75) is 45.3 Å². The Bertz CT molecular complexity index is 437. The fourth-order valence-electron chi connectivity index (χ4n) is 2.29. The van der Waals surface area contributed by atoms with Gasteiger partial charge in [-0.15, -0.1) is 0 Å². The number of nitrogens with zero attached hydrogens (tertiary/aromatic N) is 1. The van der Waals surface area contributed by atoms with Gasteiger partial charge in [-0.2, -0.15) is 0 Å². The molecule has 0 bridgehead atoms. The van der Waals surface area contributed by atoms with E-state index in [9.17, 15) is 4.79 Å². The third kappa shape index (κ3) is 2.70. The predicted molar refractivity (Wildman–Crippen MR) is 70.0 cm³/mol. The minimum absolute atomic E-state index is 0.0809. The van der Waals surface area contributed by atoms with Gasteiger partial charge in [0.1, 0.15) is 5.75 Å². The summed E-state index contributed by atoms with van der Waals surface area (Å²) in [5, 5.41) is 3.27. The fourth-order valence-corrected chi connectivity index (χ4v) is 2.29. The van der Waals surface area contributed by atoms with Crippen LogP contribution in [0.3, 0.4) is 0 Å². The van der Waals surface area contributed by atoms with Gasteiger partial charge in [0.05, 0.1) is 17.8 Å². The molecule has 1 atom stereocenters. The number of hydrogen-bond acceptors (Lipinski definition) is 4. The van der Waals surface area contributed by atoms with Crippen LogP contribution in [0.2, 0.25) is 0 Å². The molecule has 0 aromatic carbocycles. The monoisotopic (exact) mass is 248 g/mol. The lowest BCUT2D eigenvalue weighted by Crippen LogP contribution is -2.44. The molecule has 1 aromatic rings. The summed E-state index contributed by atoms with van der Waals surface area (Å²) in [5.41, 5.74) is 0.169. The average Bonchev–Trinajstić information content (AvgIpc) is 2.76. The van der Waals surface area contributed by atoms with Crippen molar-refractivity contribution in [2.24, 2.45) is 0 Å². The molecule has 0 saturated carbocycles. The number of aromatic nitrogens is 1. The minimum atomic E-state index is -0.446. The summed E-state index contributed by atoms with van der Waals surface area (Å²) in [6, 6.07) is 1.78. The first-order valence-electron chi connectivity index (χ1n) is 6.43. The highest BCUT2D eigenvalue weighted by Gasteiger charge is 2.36. The van der Waals surface area contributed by atoms with Crippen molar-refractivity contribution in [3.8, 4) is 5.75 Å². The molecule has 98 valence electrons. The van der Waals surface area contributed by atoms with Crippen molar-refractivity contribution >= 4 is 5.78 Å². The van der Waals surface area contributed by atoms with E-state index in [1.807, 2.05) is 20.8 Å². The van der Waals surface area contributed by atoms with Crippen LogP contribution in [-0.2, 0) is 0 Å². The van der Waals surface area contributed by atoms with Crippen LogP contribution >= 0.6 is 0 Å². The van der Waals surface area contributed by atoms with Crippen molar-refractivity contribution < 1.29 is 9.53 Å². The van der Waals surface area contributed by atoms with Crippen LogP contribution in [0.1, 0.15) is 44.0 Å². The van der Waals surface area contributed by atoms with Crippen LogP contribution in [0.4, 0.5) is 0 Å². The minimum Gasteiger partial charge on any atom is -0.489 e. The zero-order valence-electron chi connectivity index (χ0n) is 11.2. The molecule has 2 heterocycles. The molecule has 1 saturated heterocycles. The topological polar surface area (TPSA) is 51.2 Å². The molecule has 2 rings (SSSR count). The van der Waals surface area contributed by atoms with Crippen LogP contribution < -0.4 is 10.1 Å². The van der Waals surface area contributed by atoms with Gasteiger partial charge < -0.3 is 10.1 Å². The molecule has 1 aliphatic rings. The first-order valence-corrected chi connectivity index (χ1v) is 6.43. The Morgan fingerprint density at radius 3 is 2.89 bits per heavy atom. The van der Waals surface area contributed by atoms with Crippen LogP contribution in [-0.4, -0.2) is 29.0 Å². The Labute approximate surface area is 108 Å². The van der Waals surface area contributed by atoms with E-state index in [4.69, 9.17) is 4.74 Å². The lowest BCUT2D eigenvalue weighted by atomic mass is 9.90. The molecule has 0 amide bonds. The molecule has 1 N–H and O–H groups in total. The van der Waals surface area contributed by atoms with E-state index in [2.05, 4.69) is 10.3 Å². The zero-order valence-corrected chi connectivity index (χ0v) is 11.2. The number of Topliss-reactive ketones (excluding diaryl/α,β-unsaturated/α-hetero) is 1. The number of hydrogen-bond donors (Lipinski definition) is 1. The SMILES string of the molecule is CC(C)Oc1cncc(C(=O)C2(C)CCCN2)c1. The molecule has 1 aromatic heterocycles. The molecule has 0 aliphatic carbocycles. The number of nitrogens with one attached hydrogen (secondary N) is 1. The number of carbonyl (C=O) groups excluding carboxylic acids is 1. The summed E-state index contributed by atoms with van der Waals surface area (Å²) in [7, 11) is 0. The Kier molecular flexibility index (Phi) is 3.66. The van der Waals surface area contributed by atoms with Crippen LogP contribution in [0, 0.1) is 0 Å². The first kappa shape index (κ1) is 13.0. The predicted octanol–water partition coefficient (Wildman–Crippen LogP) is 2.19. The Morgan fingerprint density at radius 2 is 2.28 bits per heavy atom. The number of pyridine rings is 1. The van der Waals surface area contributed by atoms with Crippen LogP contribution in [0.5, 0.6) is 5.75 Å². The van der Waals surface area contributed by atoms with Gasteiger partial charge in [0.25, 0.3) is 0 Å². The molecule has 0 radical (unpaired) electrons. The van der Waals surface area contributed by atoms with Gasteiger partial charge in [-0.05, 0) is 46.2 Å². The largest absolute Gasteiger partial charge is 0.489 e. The van der Waals surface area contributed by atoms with Crippen molar-refractivity contribution in [3.05, 3.63) is 24.0 Å². The smallest absolute Gasteiger partial charge is 0.184 e. The normalized spacial score (nSPS) is 23.3. The summed E-state index contributed by atoms with van der Waals surface area (Å²) in [5.74, 6) is 0.749. The Balaban J connectivity index is 2.20. The average molecular weight is 248 g/mol. The second-order valence-electron chi connectivity index (χ2n) is 5.27. The molecular weight excluding hydrogens is 228 g/mol. The summed E-state index contributed by atoms with van der Waals surface area (Å²) in [6.07, 6.45) is 5.25. The molecule has 0 spiro atoms. The van der Waals surface area contributed by atoms with Gasteiger partial charge in [-0.1, -0.05) is 0 Å². The van der Waals surface area contributed by atoms with E-state index in [0.29, 0.717) is 11.3 Å². The third-order valence-corrected chi connectivity index (χ3v) is 3.22. The van der Waals surface area contributed by atoms with Gasteiger partial charge in [0, 0.05) is 11.8 Å². The maximum atomic E-state index is 12.4. The van der Waals surface area contributed by atoms with E-state index < -0.39 is 5.54 Å². The van der Waals surface area contributed by atoms with E-state index in [1.165, 1.54) is 0 Å². The van der Waals surface area contributed by atoms with Gasteiger partial charge in [-0.25, -0.2) is 0 Å². The fraction of sp³-hybridized carbons (Fsp3) is 0.571. The number of ketones is 1. The van der Waals surface area contributed by atoms with Gasteiger partial charge in [-0.3, -0.25) is 9.78 Å². The zero-order chi connectivity index (χ0) is 13.2. The van der Waals surface area contributed by atoms with Crippen molar-refractivity contribution in [3.63, 3.8) is 0 Å². The maximum absolute atomic E-state index is 12.4. The highest BCUT2D eigenvalue weighted by atomic mass is 16.5. The highest BCUT2D eigenvalue weighted by molar-refractivity contribution is 6.03. The summed E-state index contributed by atoms with van der Waals surface area (Å²) in [6.45, 7) is 6.76.